The van der Waals surface area contributed by atoms with Crippen molar-refractivity contribution in [2.45, 2.75) is 0 Å². The molecule has 4 rings (SSSR count). The van der Waals surface area contributed by atoms with Gasteiger partial charge in [-0.15, -0.1) is 0 Å². The highest BCUT2D eigenvalue weighted by atomic mass is 35.5. The fraction of sp³-hybridized carbons (Fsp3) is 0. The van der Waals surface area contributed by atoms with E-state index in [0.717, 1.165) is 0 Å². The normalized spacial score (nSPS) is 10.9. The van der Waals surface area contributed by atoms with E-state index in [1.165, 1.54) is 42.9 Å². The summed E-state index contributed by atoms with van der Waals surface area (Å²) in [6, 6.07) is 9.04. The van der Waals surface area contributed by atoms with Crippen LogP contribution >= 0.6 is 11.6 Å². The van der Waals surface area contributed by atoms with Crippen LogP contribution in [-0.2, 0) is 0 Å². The Bertz CT molecular complexity index is 1160. The number of carbonyl (C=O) groups excluding carboxylic acids is 1. The molecule has 134 valence electrons. The Labute approximate surface area is 157 Å². The molecule has 0 fully saturated rings. The molecular formula is C19H12ClFN4O2. The maximum Gasteiger partial charge on any atom is 0.213 e. The summed E-state index contributed by atoms with van der Waals surface area (Å²) in [6.45, 7) is 0. The number of ketones is 1. The molecule has 4 aromatic rings. The molecular weight excluding hydrogens is 371 g/mol. The van der Waals surface area contributed by atoms with Crippen LogP contribution in [0.3, 0.4) is 0 Å². The van der Waals surface area contributed by atoms with Gasteiger partial charge >= 0.3 is 0 Å². The van der Waals surface area contributed by atoms with Crippen LogP contribution in [-0.4, -0.2) is 20.7 Å². The molecule has 0 aliphatic heterocycles. The van der Waals surface area contributed by atoms with Crippen molar-refractivity contribution >= 4 is 34.1 Å². The average molecular weight is 383 g/mol. The first-order chi connectivity index (χ1) is 13.0. The molecule has 6 nitrogen and oxygen atoms in total. The third-order valence-electron chi connectivity index (χ3n) is 3.97. The number of ether oxygens (including phenoxy) is 1. The monoisotopic (exact) mass is 382 g/mol. The lowest BCUT2D eigenvalue weighted by molar-refractivity contribution is 0.103. The molecule has 0 amide bonds. The molecule has 3 N–H and O–H groups in total. The number of rotatable bonds is 4. The Balaban J connectivity index is 1.64. The van der Waals surface area contributed by atoms with Crippen LogP contribution in [0, 0.1) is 5.82 Å². The van der Waals surface area contributed by atoms with E-state index in [9.17, 15) is 9.18 Å². The molecule has 0 saturated heterocycles. The summed E-state index contributed by atoms with van der Waals surface area (Å²) in [4.78, 5) is 23.9. The fourth-order valence-electron chi connectivity index (χ4n) is 2.64. The summed E-state index contributed by atoms with van der Waals surface area (Å²) < 4.78 is 19.1. The number of nitrogen functional groups attached to an aromatic ring is 1. The highest BCUT2D eigenvalue weighted by molar-refractivity contribution is 6.35. The zero-order chi connectivity index (χ0) is 19.0. The molecule has 27 heavy (non-hydrogen) atoms. The van der Waals surface area contributed by atoms with Gasteiger partial charge < -0.3 is 15.5 Å². The minimum Gasteiger partial charge on any atom is -0.453 e. The highest BCUT2D eigenvalue weighted by Crippen LogP contribution is 2.30. The lowest BCUT2D eigenvalue weighted by Gasteiger charge is -2.07. The number of nitrogens with one attached hydrogen (secondary N) is 1. The molecule has 0 spiro atoms. The standard InChI is InChI=1S/C19H12ClFN4O2/c20-12-9-25-19-16(17(12)22)11(8-24-19)18(26)14-6-5-10(7-23-14)27-15-4-2-1-3-13(15)21/h1-9H,(H3,22,24,25). The quantitative estimate of drug-likeness (QED) is 0.511. The topological polar surface area (TPSA) is 93.9 Å². The molecule has 3 heterocycles. The van der Waals surface area contributed by atoms with Crippen molar-refractivity contribution in [3.05, 3.63) is 77.1 Å². The number of para-hydroxylation sites is 1. The second-order valence-electron chi connectivity index (χ2n) is 5.69. The number of hydrogen-bond acceptors (Lipinski definition) is 5. The van der Waals surface area contributed by atoms with Crippen molar-refractivity contribution in [3.63, 3.8) is 0 Å². The van der Waals surface area contributed by atoms with Crippen molar-refractivity contribution in [2.75, 3.05) is 5.73 Å². The zero-order valence-electron chi connectivity index (χ0n) is 13.7. The molecule has 0 radical (unpaired) electrons. The van der Waals surface area contributed by atoms with Crippen LogP contribution in [0.15, 0.2) is 55.0 Å². The Morgan fingerprint density at radius 3 is 2.70 bits per heavy atom. The lowest BCUT2D eigenvalue weighted by Crippen LogP contribution is -2.04. The second kappa shape index (κ2) is 6.69. The molecule has 3 aromatic heterocycles. The first kappa shape index (κ1) is 17.0. The van der Waals surface area contributed by atoms with E-state index >= 15 is 0 Å². The second-order valence-corrected chi connectivity index (χ2v) is 6.09. The summed E-state index contributed by atoms with van der Waals surface area (Å²) in [5.74, 6) is -0.464. The van der Waals surface area contributed by atoms with Crippen LogP contribution in [0.25, 0.3) is 11.0 Å². The number of anilines is 1. The largest absolute Gasteiger partial charge is 0.453 e. The number of benzene rings is 1. The number of carbonyl (C=O) groups is 1. The van der Waals surface area contributed by atoms with Gasteiger partial charge in [0.05, 0.1) is 34.1 Å². The number of aromatic amines is 1. The number of fused-ring (bicyclic) bond motifs is 1. The van der Waals surface area contributed by atoms with Gasteiger partial charge in [-0.3, -0.25) is 4.79 Å². The first-order valence-electron chi connectivity index (χ1n) is 7.89. The van der Waals surface area contributed by atoms with Crippen LogP contribution in [0.4, 0.5) is 10.1 Å². The molecule has 0 aliphatic rings. The molecule has 0 bridgehead atoms. The van der Waals surface area contributed by atoms with E-state index < -0.39 is 5.82 Å². The minimum absolute atomic E-state index is 0.0727. The molecule has 0 unspecified atom stereocenters. The van der Waals surface area contributed by atoms with Crippen molar-refractivity contribution in [3.8, 4) is 11.5 Å². The lowest BCUT2D eigenvalue weighted by atomic mass is 10.1. The number of halogens is 2. The summed E-state index contributed by atoms with van der Waals surface area (Å²) in [7, 11) is 0. The number of H-pyrrole nitrogens is 1. The maximum atomic E-state index is 13.7. The van der Waals surface area contributed by atoms with Crippen LogP contribution in [0.1, 0.15) is 16.1 Å². The molecule has 0 atom stereocenters. The van der Waals surface area contributed by atoms with Crippen molar-refractivity contribution < 1.29 is 13.9 Å². The molecule has 1 aromatic carbocycles. The first-order valence-corrected chi connectivity index (χ1v) is 8.26. The Morgan fingerprint density at radius 2 is 1.96 bits per heavy atom. The van der Waals surface area contributed by atoms with Crippen molar-refractivity contribution in [2.24, 2.45) is 0 Å². The van der Waals surface area contributed by atoms with Gasteiger partial charge in [0.2, 0.25) is 5.78 Å². The Morgan fingerprint density at radius 1 is 1.15 bits per heavy atom. The molecule has 0 aliphatic carbocycles. The van der Waals surface area contributed by atoms with E-state index in [1.54, 1.807) is 12.1 Å². The summed E-state index contributed by atoms with van der Waals surface area (Å²) >= 11 is 6.00. The van der Waals surface area contributed by atoms with Gasteiger partial charge in [-0.2, -0.15) is 0 Å². The Hall–Kier alpha value is -3.45. The van der Waals surface area contributed by atoms with Crippen LogP contribution in [0.5, 0.6) is 11.5 Å². The van der Waals surface area contributed by atoms with E-state index in [-0.39, 0.29) is 27.9 Å². The molecule has 0 saturated carbocycles. The highest BCUT2D eigenvalue weighted by Gasteiger charge is 2.19. The van der Waals surface area contributed by atoms with Crippen molar-refractivity contribution in [1.29, 1.82) is 0 Å². The van der Waals surface area contributed by atoms with Crippen LogP contribution in [0.2, 0.25) is 5.02 Å². The van der Waals surface area contributed by atoms with Gasteiger partial charge in [0.15, 0.2) is 11.6 Å². The van der Waals surface area contributed by atoms with Gasteiger partial charge in [-0.05, 0) is 24.3 Å². The molecule has 8 heteroatoms. The van der Waals surface area contributed by atoms with E-state index in [0.29, 0.717) is 22.3 Å². The van der Waals surface area contributed by atoms with Crippen molar-refractivity contribution in [1.82, 2.24) is 15.0 Å². The summed E-state index contributed by atoms with van der Waals surface area (Å²) in [6.07, 6.45) is 4.28. The van der Waals surface area contributed by atoms with E-state index in [4.69, 9.17) is 22.1 Å². The third-order valence-corrected chi connectivity index (χ3v) is 4.27. The number of pyridine rings is 2. The number of aromatic nitrogens is 3. The van der Waals surface area contributed by atoms with Gasteiger partial charge in [-0.1, -0.05) is 23.7 Å². The van der Waals surface area contributed by atoms with Gasteiger partial charge in [-0.25, -0.2) is 14.4 Å². The van der Waals surface area contributed by atoms with Gasteiger partial charge in [0, 0.05) is 6.20 Å². The maximum absolute atomic E-state index is 13.7. The van der Waals surface area contributed by atoms with E-state index in [2.05, 4.69) is 15.0 Å². The van der Waals surface area contributed by atoms with Gasteiger partial charge in [0.1, 0.15) is 17.1 Å². The number of hydrogen-bond donors (Lipinski definition) is 2. The van der Waals surface area contributed by atoms with E-state index in [1.807, 2.05) is 0 Å². The zero-order valence-corrected chi connectivity index (χ0v) is 14.5. The fourth-order valence-corrected chi connectivity index (χ4v) is 2.79. The predicted molar refractivity (Wildman–Crippen MR) is 99.7 cm³/mol. The smallest absolute Gasteiger partial charge is 0.213 e. The summed E-state index contributed by atoms with van der Waals surface area (Å²) in [5.41, 5.74) is 7.20. The SMILES string of the molecule is Nc1c(Cl)cnc2[nH]cc(C(=O)c3ccc(Oc4ccccc4F)cn3)c12. The average Bonchev–Trinajstić information content (AvgIpc) is 3.11. The minimum atomic E-state index is -0.490. The number of nitrogens with zero attached hydrogens (tertiary/aromatic N) is 2. The summed E-state index contributed by atoms with van der Waals surface area (Å²) in [5, 5.41) is 0.707. The Kier molecular flexibility index (Phi) is 4.21. The number of nitrogens with two attached hydrogens (primary N) is 1. The predicted octanol–water partition coefficient (Wildman–Crippen LogP) is 4.36. The van der Waals surface area contributed by atoms with Crippen LogP contribution < -0.4 is 10.5 Å². The van der Waals surface area contributed by atoms with Gasteiger partial charge in [0.25, 0.3) is 0 Å². The third kappa shape index (κ3) is 3.09.